The van der Waals surface area contributed by atoms with Crippen molar-refractivity contribution in [2.75, 3.05) is 0 Å². The van der Waals surface area contributed by atoms with Crippen molar-refractivity contribution in [2.45, 2.75) is 6.42 Å². The van der Waals surface area contributed by atoms with Crippen LogP contribution in [0.25, 0.3) is 56.2 Å². The Morgan fingerprint density at radius 2 is 1.59 bits per heavy atom. The smallest absolute Gasteiger partial charge is 0.165 e. The Bertz CT molecular complexity index is 2240. The van der Waals surface area contributed by atoms with Crippen LogP contribution in [0.3, 0.4) is 0 Å². The first-order valence-electron chi connectivity index (χ1n) is 14.3. The lowest BCUT2D eigenvalue weighted by Crippen LogP contribution is -2.55. The summed E-state index contributed by atoms with van der Waals surface area (Å²) < 4.78 is 2.26. The highest BCUT2D eigenvalue weighted by molar-refractivity contribution is 6.68. The van der Waals surface area contributed by atoms with Crippen molar-refractivity contribution in [3.8, 4) is 28.2 Å². The van der Waals surface area contributed by atoms with Gasteiger partial charge in [0.1, 0.15) is 44.9 Å². The second-order valence-corrected chi connectivity index (χ2v) is 11.2. The molecule has 0 aliphatic heterocycles. The van der Waals surface area contributed by atoms with Crippen LogP contribution in [0.15, 0.2) is 90.5 Å². The number of hydrogen-bond acceptors (Lipinski definition) is 2. The first-order valence-corrected chi connectivity index (χ1v) is 14.3. The molecule has 0 bridgehead atoms. The van der Waals surface area contributed by atoms with E-state index in [0.717, 1.165) is 23.3 Å². The van der Waals surface area contributed by atoms with E-state index in [2.05, 4.69) is 71.3 Å². The number of para-hydroxylation sites is 1. The van der Waals surface area contributed by atoms with Gasteiger partial charge in [0.2, 0.25) is 0 Å². The maximum absolute atomic E-state index is 6.40. The highest BCUT2D eigenvalue weighted by atomic mass is 15.1. The van der Waals surface area contributed by atoms with Crippen molar-refractivity contribution >= 4 is 94.6 Å². The van der Waals surface area contributed by atoms with Crippen LogP contribution in [0, 0.1) is 18.1 Å². The summed E-state index contributed by atoms with van der Waals surface area (Å²) >= 11 is 0. The standard InChI is InChI=1S/C36H18B5N3/c37-30-29(31(38)33(40)34(41)32(30)39)22-14-15-25-26(17-22)42-35(19-8-2-1-3-9-19)36(43-25)44-27-13-7-6-12-23(27)24-16-20-10-4-5-11-21(20)18-28(24)44/h1-2,4-8,10-17,21H,18H2. The molecule has 2 aromatic heterocycles. The molecular weight excluding hydrogens is 528 g/mol. The molecule has 8 heteroatoms. The third-order valence-electron chi connectivity index (χ3n) is 8.66. The first-order chi connectivity index (χ1) is 21.4. The van der Waals surface area contributed by atoms with E-state index < -0.39 is 0 Å². The zero-order chi connectivity index (χ0) is 30.1. The van der Waals surface area contributed by atoms with E-state index in [9.17, 15) is 0 Å². The van der Waals surface area contributed by atoms with Crippen molar-refractivity contribution in [1.82, 2.24) is 14.5 Å². The van der Waals surface area contributed by atoms with E-state index in [1.165, 1.54) is 22.2 Å². The molecule has 2 aliphatic carbocycles. The molecule has 44 heavy (non-hydrogen) atoms. The molecule has 0 fully saturated rings. The van der Waals surface area contributed by atoms with Gasteiger partial charge in [-0.05, 0) is 59.5 Å². The van der Waals surface area contributed by atoms with Crippen molar-refractivity contribution in [3.05, 3.63) is 114 Å². The fourth-order valence-electron chi connectivity index (χ4n) is 6.43. The average molecular weight is 547 g/mol. The first kappa shape index (κ1) is 26.7. The van der Waals surface area contributed by atoms with Crippen LogP contribution in [0.2, 0.25) is 0 Å². The predicted molar refractivity (Wildman–Crippen MR) is 185 cm³/mol. The van der Waals surface area contributed by atoms with E-state index >= 15 is 0 Å². The van der Waals surface area contributed by atoms with E-state index in [1.54, 1.807) is 0 Å². The molecule has 10 radical (unpaired) electrons. The summed E-state index contributed by atoms with van der Waals surface area (Å²) in [5.74, 6) is 1.02. The van der Waals surface area contributed by atoms with Crippen molar-refractivity contribution < 1.29 is 0 Å². The zero-order valence-corrected chi connectivity index (χ0v) is 23.7. The Morgan fingerprint density at radius 3 is 2.39 bits per heavy atom. The van der Waals surface area contributed by atoms with Gasteiger partial charge >= 0.3 is 0 Å². The summed E-state index contributed by atoms with van der Waals surface area (Å²) in [6.07, 6.45) is 11.8. The Balaban J connectivity index is 1.41. The Morgan fingerprint density at radius 1 is 0.795 bits per heavy atom. The highest BCUT2D eigenvalue weighted by Crippen LogP contribution is 2.41. The number of fused-ring (bicyclic) bond motifs is 5. The maximum Gasteiger partial charge on any atom is 0.165 e. The molecule has 6 aromatic rings. The van der Waals surface area contributed by atoms with Gasteiger partial charge in [-0.2, -0.15) is 0 Å². The molecule has 0 saturated heterocycles. The number of aromatic nitrogens is 3. The van der Waals surface area contributed by atoms with Crippen molar-refractivity contribution in [1.29, 1.82) is 0 Å². The van der Waals surface area contributed by atoms with Gasteiger partial charge in [0.25, 0.3) is 0 Å². The van der Waals surface area contributed by atoms with Gasteiger partial charge in [0.05, 0.1) is 22.1 Å². The minimum Gasteiger partial charge on any atom is -0.296 e. The summed E-state index contributed by atoms with van der Waals surface area (Å²) in [6, 6.07) is 26.2. The summed E-state index contributed by atoms with van der Waals surface area (Å²) in [6.45, 7) is 0. The molecular formula is C36H18B5N3. The lowest BCUT2D eigenvalue weighted by atomic mass is 9.59. The number of allylic oxidation sites excluding steroid dienone is 5. The minimum absolute atomic E-state index is 0.177. The molecule has 2 aliphatic rings. The predicted octanol–water partition coefficient (Wildman–Crippen LogP) is 2.16. The van der Waals surface area contributed by atoms with E-state index in [1.807, 2.05) is 36.4 Å². The molecule has 192 valence electrons. The molecule has 3 nitrogen and oxygen atoms in total. The summed E-state index contributed by atoms with van der Waals surface area (Å²) in [7, 11) is 31.2. The van der Waals surface area contributed by atoms with Crippen LogP contribution >= 0.6 is 0 Å². The Hall–Kier alpha value is -4.88. The Kier molecular flexibility index (Phi) is 6.14. The fourth-order valence-corrected chi connectivity index (χ4v) is 6.43. The maximum atomic E-state index is 6.40. The zero-order valence-electron chi connectivity index (χ0n) is 23.7. The van der Waals surface area contributed by atoms with Crippen LogP contribution in [0.5, 0.6) is 0 Å². The molecule has 0 spiro atoms. The summed E-state index contributed by atoms with van der Waals surface area (Å²) in [5.41, 5.74) is 9.96. The topological polar surface area (TPSA) is 30.7 Å². The van der Waals surface area contributed by atoms with Gasteiger partial charge < -0.3 is 0 Å². The number of nitrogens with zero attached hydrogens (tertiary/aromatic N) is 3. The quantitative estimate of drug-likeness (QED) is 0.319. The molecule has 0 saturated carbocycles. The monoisotopic (exact) mass is 547 g/mol. The SMILES string of the molecule is [B]c1c([B])c([B])c(-c2ccc3nc(-n4c5c(c6ccccc64)C=C4C=CC=CC4C5)c(-c4c#cccc4)nc3c2)c([B])c1[B]. The molecule has 1 unspecified atom stereocenters. The van der Waals surface area contributed by atoms with Crippen LogP contribution in [-0.4, -0.2) is 53.8 Å². The summed E-state index contributed by atoms with van der Waals surface area (Å²) in [4.78, 5) is 10.5. The van der Waals surface area contributed by atoms with Gasteiger partial charge in [0.15, 0.2) is 5.82 Å². The van der Waals surface area contributed by atoms with Crippen LogP contribution in [-0.2, 0) is 6.42 Å². The number of rotatable bonds is 3. The number of benzene rings is 3. The highest BCUT2D eigenvalue weighted by Gasteiger charge is 2.28. The van der Waals surface area contributed by atoms with E-state index in [0.29, 0.717) is 33.8 Å². The Labute approximate surface area is 262 Å². The van der Waals surface area contributed by atoms with Crippen LogP contribution in [0.4, 0.5) is 0 Å². The lowest BCUT2D eigenvalue weighted by molar-refractivity contribution is 0.723. The van der Waals surface area contributed by atoms with Crippen molar-refractivity contribution in [2.24, 2.45) is 5.92 Å². The minimum atomic E-state index is 0.177. The summed E-state index contributed by atoms with van der Waals surface area (Å²) in [5, 5.41) is 1.17. The van der Waals surface area contributed by atoms with Gasteiger partial charge in [-0.1, -0.05) is 77.7 Å². The van der Waals surface area contributed by atoms with E-state index in [4.69, 9.17) is 49.2 Å². The largest absolute Gasteiger partial charge is 0.296 e. The third kappa shape index (κ3) is 3.99. The molecule has 0 N–H and O–H groups in total. The fraction of sp³-hybridized carbons (Fsp3) is 0.0556. The second-order valence-electron chi connectivity index (χ2n) is 11.2. The van der Waals surface area contributed by atoms with Gasteiger partial charge in [0, 0.05) is 22.6 Å². The molecule has 2 heterocycles. The molecule has 1 atom stereocenters. The normalized spacial score (nSPS) is 15.2. The van der Waals surface area contributed by atoms with Gasteiger partial charge in [-0.3, -0.25) is 4.57 Å². The van der Waals surface area contributed by atoms with Crippen LogP contribution in [0.1, 0.15) is 11.3 Å². The van der Waals surface area contributed by atoms with Gasteiger partial charge in [-0.25, -0.2) is 9.97 Å². The van der Waals surface area contributed by atoms with Crippen LogP contribution < -0.4 is 27.3 Å². The average Bonchev–Trinajstić information content (AvgIpc) is 3.38. The second kappa shape index (κ2) is 10.1. The van der Waals surface area contributed by atoms with Crippen molar-refractivity contribution in [3.63, 3.8) is 0 Å². The molecule has 8 rings (SSSR count). The third-order valence-corrected chi connectivity index (χ3v) is 8.66. The molecule has 0 amide bonds. The molecule has 4 aromatic carbocycles. The van der Waals surface area contributed by atoms with E-state index in [-0.39, 0.29) is 27.3 Å². The van der Waals surface area contributed by atoms with Gasteiger partial charge in [-0.15, -0.1) is 16.4 Å². The number of hydrogen-bond donors (Lipinski definition) is 0. The lowest BCUT2D eigenvalue weighted by Gasteiger charge is -2.24.